The van der Waals surface area contributed by atoms with Crippen molar-refractivity contribution in [1.82, 2.24) is 10.6 Å². The van der Waals surface area contributed by atoms with Crippen molar-refractivity contribution in [2.24, 2.45) is 0 Å². The van der Waals surface area contributed by atoms with E-state index in [1.165, 1.54) is 12.1 Å². The molecular formula is C15H18N2O5S. The van der Waals surface area contributed by atoms with Gasteiger partial charge >= 0.3 is 5.97 Å². The summed E-state index contributed by atoms with van der Waals surface area (Å²) in [4.78, 5) is 11.1. The van der Waals surface area contributed by atoms with E-state index < -0.39 is 26.5 Å². The van der Waals surface area contributed by atoms with Crippen molar-refractivity contribution in [3.05, 3.63) is 53.3 Å². The Morgan fingerprint density at radius 2 is 2.00 bits per heavy atom. The van der Waals surface area contributed by atoms with Gasteiger partial charge in [0.1, 0.15) is 0 Å². The van der Waals surface area contributed by atoms with E-state index in [1.807, 2.05) is 18.2 Å². The largest absolute Gasteiger partial charge is 0.478 e. The molecule has 0 spiro atoms. The Balaban J connectivity index is 2.61. The van der Waals surface area contributed by atoms with Crippen molar-refractivity contribution in [3.8, 4) is 0 Å². The first-order chi connectivity index (χ1) is 10.7. The quantitative estimate of drug-likeness (QED) is 0.594. The van der Waals surface area contributed by atoms with Crippen molar-refractivity contribution in [2.75, 3.05) is 14.1 Å². The molecule has 0 heterocycles. The molecule has 0 aromatic heterocycles. The van der Waals surface area contributed by atoms with Crippen LogP contribution in [0.1, 0.15) is 22.3 Å². The topological polar surface area (TPSA) is 116 Å². The molecule has 8 heteroatoms. The minimum absolute atomic E-state index is 0.180. The fourth-order valence-corrected chi connectivity index (χ4v) is 3.10. The fourth-order valence-electron chi connectivity index (χ4n) is 2.59. The molecule has 0 amide bonds. The second-order valence-corrected chi connectivity index (χ2v) is 6.58. The molecule has 1 aliphatic rings. The molecule has 2 rings (SSSR count). The predicted molar refractivity (Wildman–Crippen MR) is 84.9 cm³/mol. The van der Waals surface area contributed by atoms with Gasteiger partial charge in [-0.2, -0.15) is 8.42 Å². The van der Waals surface area contributed by atoms with Crippen LogP contribution in [0.15, 0.2) is 47.0 Å². The van der Waals surface area contributed by atoms with Gasteiger partial charge < -0.3 is 15.7 Å². The van der Waals surface area contributed by atoms with E-state index in [0.717, 1.165) is 11.8 Å². The summed E-state index contributed by atoms with van der Waals surface area (Å²) >= 11 is 0. The molecule has 4 N–H and O–H groups in total. The van der Waals surface area contributed by atoms with Crippen molar-refractivity contribution >= 4 is 16.1 Å². The maximum Gasteiger partial charge on any atom is 0.336 e. The van der Waals surface area contributed by atoms with E-state index >= 15 is 0 Å². The maximum absolute atomic E-state index is 11.6. The van der Waals surface area contributed by atoms with E-state index in [4.69, 9.17) is 4.55 Å². The third-order valence-corrected chi connectivity index (χ3v) is 4.78. The van der Waals surface area contributed by atoms with Crippen LogP contribution in [0.5, 0.6) is 0 Å². The normalized spacial score (nSPS) is 20.9. The number of benzene rings is 1. The number of rotatable bonds is 5. The maximum atomic E-state index is 11.6. The molecule has 1 aliphatic carbocycles. The van der Waals surface area contributed by atoms with Crippen LogP contribution in [0.25, 0.3) is 0 Å². The Bertz CT molecular complexity index is 798. The lowest BCUT2D eigenvalue weighted by atomic mass is 9.81. The molecular weight excluding hydrogens is 320 g/mol. The van der Waals surface area contributed by atoms with Gasteiger partial charge in [0, 0.05) is 12.7 Å². The number of carbonyl (C=O) groups is 1. The van der Waals surface area contributed by atoms with Crippen molar-refractivity contribution in [1.29, 1.82) is 0 Å². The highest BCUT2D eigenvalue weighted by Crippen LogP contribution is 2.34. The Morgan fingerprint density at radius 3 is 2.43 bits per heavy atom. The second kappa shape index (κ2) is 6.15. The van der Waals surface area contributed by atoms with Crippen LogP contribution < -0.4 is 10.6 Å². The molecule has 1 aromatic carbocycles. The molecule has 0 radical (unpaired) electrons. The van der Waals surface area contributed by atoms with Crippen LogP contribution in [-0.2, 0) is 15.7 Å². The molecule has 0 aliphatic heterocycles. The lowest BCUT2D eigenvalue weighted by Gasteiger charge is -2.34. The number of aromatic carboxylic acids is 1. The highest BCUT2D eigenvalue weighted by atomic mass is 32.2. The minimum Gasteiger partial charge on any atom is -0.478 e. The minimum atomic E-state index is -4.47. The summed E-state index contributed by atoms with van der Waals surface area (Å²) in [6.07, 6.45) is 6.05. The Hall–Kier alpha value is -2.16. The van der Waals surface area contributed by atoms with Gasteiger partial charge in [-0.05, 0) is 37.2 Å². The Kier molecular flexibility index (Phi) is 4.60. The van der Waals surface area contributed by atoms with Gasteiger partial charge in [-0.1, -0.05) is 18.2 Å². The number of allylic oxidation sites excluding steroid dienone is 1. The van der Waals surface area contributed by atoms with Crippen molar-refractivity contribution < 1.29 is 22.9 Å². The van der Waals surface area contributed by atoms with Crippen LogP contribution in [0.3, 0.4) is 0 Å². The number of nitrogens with one attached hydrogen (secondary N) is 2. The van der Waals surface area contributed by atoms with Gasteiger partial charge in [-0.25, -0.2) is 4.79 Å². The molecule has 0 saturated heterocycles. The van der Waals surface area contributed by atoms with Gasteiger partial charge in [-0.3, -0.25) is 4.55 Å². The van der Waals surface area contributed by atoms with E-state index in [2.05, 4.69) is 10.6 Å². The van der Waals surface area contributed by atoms with E-state index in [0.29, 0.717) is 12.0 Å². The van der Waals surface area contributed by atoms with E-state index in [-0.39, 0.29) is 5.56 Å². The first-order valence-corrected chi connectivity index (χ1v) is 8.29. The van der Waals surface area contributed by atoms with Gasteiger partial charge in [0.05, 0.1) is 16.0 Å². The van der Waals surface area contributed by atoms with Gasteiger partial charge in [-0.15, -0.1) is 0 Å². The zero-order valence-electron chi connectivity index (χ0n) is 12.7. The molecule has 0 bridgehead atoms. The standard InChI is InChI=1S/C15H18N2O5S/c1-16-10-5-7-15(17-2,8-6-10)13-4-3-11(23(20,21)22)9-12(13)14(18)19/h3-7,9,16-17H,8H2,1-2H3,(H,18,19)(H,20,21,22). The molecule has 1 atom stereocenters. The van der Waals surface area contributed by atoms with Crippen molar-refractivity contribution in [3.63, 3.8) is 0 Å². The smallest absolute Gasteiger partial charge is 0.336 e. The van der Waals surface area contributed by atoms with Gasteiger partial charge in [0.2, 0.25) is 0 Å². The third kappa shape index (κ3) is 3.29. The lowest BCUT2D eigenvalue weighted by Crippen LogP contribution is -2.40. The molecule has 124 valence electrons. The molecule has 7 nitrogen and oxygen atoms in total. The molecule has 1 aromatic rings. The number of carboxylic acids is 1. The SMILES string of the molecule is CNC1=CCC(NC)(c2ccc(S(=O)(=O)O)cc2C(=O)O)C=C1. The molecule has 0 saturated carbocycles. The van der Waals surface area contributed by atoms with Crippen LogP contribution in [0, 0.1) is 0 Å². The molecule has 0 fully saturated rings. The summed E-state index contributed by atoms with van der Waals surface area (Å²) in [7, 11) is -0.986. The van der Waals surface area contributed by atoms with Crippen LogP contribution >= 0.6 is 0 Å². The highest BCUT2D eigenvalue weighted by molar-refractivity contribution is 7.85. The van der Waals surface area contributed by atoms with Crippen LogP contribution in [0.4, 0.5) is 0 Å². The summed E-state index contributed by atoms with van der Waals surface area (Å²) in [6, 6.07) is 3.57. The molecule has 23 heavy (non-hydrogen) atoms. The fraction of sp³-hybridized carbons (Fsp3) is 0.267. The van der Waals surface area contributed by atoms with Crippen LogP contribution in [0.2, 0.25) is 0 Å². The first-order valence-electron chi connectivity index (χ1n) is 6.85. The van der Waals surface area contributed by atoms with Crippen molar-refractivity contribution in [2.45, 2.75) is 16.9 Å². The lowest BCUT2D eigenvalue weighted by molar-refractivity contribution is 0.0693. The molecule has 1 unspecified atom stereocenters. The van der Waals surface area contributed by atoms with E-state index in [1.54, 1.807) is 14.1 Å². The third-order valence-electron chi connectivity index (χ3n) is 3.93. The summed E-state index contributed by atoms with van der Waals surface area (Å²) < 4.78 is 31.6. The van der Waals surface area contributed by atoms with Gasteiger partial charge in [0.15, 0.2) is 0 Å². The number of hydrogen-bond acceptors (Lipinski definition) is 5. The average molecular weight is 338 g/mol. The summed E-state index contributed by atoms with van der Waals surface area (Å²) in [6.45, 7) is 0. The Morgan fingerprint density at radius 1 is 1.30 bits per heavy atom. The number of likely N-dealkylation sites (N-methyl/N-ethyl adjacent to an activating group) is 2. The summed E-state index contributed by atoms with van der Waals surface area (Å²) in [5, 5.41) is 15.5. The Labute approximate surface area is 134 Å². The van der Waals surface area contributed by atoms with E-state index in [9.17, 15) is 18.3 Å². The van der Waals surface area contributed by atoms with Crippen LogP contribution in [-0.4, -0.2) is 38.1 Å². The first kappa shape index (κ1) is 17.2. The average Bonchev–Trinajstić information content (AvgIpc) is 2.53. The summed E-state index contributed by atoms with van der Waals surface area (Å²) in [5.41, 5.74) is 0.372. The predicted octanol–water partition coefficient (Wildman–Crippen LogP) is 1.11. The zero-order valence-corrected chi connectivity index (χ0v) is 13.5. The number of hydrogen-bond donors (Lipinski definition) is 4. The highest BCUT2D eigenvalue weighted by Gasteiger charge is 2.33. The zero-order chi connectivity index (χ0) is 17.3. The van der Waals surface area contributed by atoms with Gasteiger partial charge in [0.25, 0.3) is 10.1 Å². The monoisotopic (exact) mass is 338 g/mol. The second-order valence-electron chi connectivity index (χ2n) is 5.16. The summed E-state index contributed by atoms with van der Waals surface area (Å²) in [5.74, 6) is -1.27. The number of carboxylic acid groups (broad SMARTS) is 1.